The topological polar surface area (TPSA) is 75.3 Å². The number of amides is 2. The smallest absolute Gasteiger partial charge is 0.228 e. The highest BCUT2D eigenvalue weighted by Gasteiger charge is 2.25. The second-order valence-corrected chi connectivity index (χ2v) is 5.40. The predicted octanol–water partition coefficient (Wildman–Crippen LogP) is 1.88. The summed E-state index contributed by atoms with van der Waals surface area (Å²) in [7, 11) is 0. The number of hydrogen-bond donors (Lipinski definition) is 2. The summed E-state index contributed by atoms with van der Waals surface area (Å²) in [6.45, 7) is 0. The van der Waals surface area contributed by atoms with Gasteiger partial charge in [-0.25, -0.2) is 0 Å². The van der Waals surface area contributed by atoms with E-state index in [9.17, 15) is 14.4 Å². The molecule has 1 saturated carbocycles. The van der Waals surface area contributed by atoms with Crippen LogP contribution >= 0.6 is 0 Å². The van der Waals surface area contributed by atoms with Gasteiger partial charge in [-0.1, -0.05) is 0 Å². The number of hydrogen-bond acceptors (Lipinski definition) is 3. The van der Waals surface area contributed by atoms with Crippen LogP contribution in [-0.2, 0) is 20.8 Å². The fraction of sp³-hybridized carbons (Fsp3) is 0.400. The van der Waals surface area contributed by atoms with Crippen molar-refractivity contribution in [2.24, 2.45) is 5.92 Å². The Morgan fingerprint density at radius 2 is 1.95 bits per heavy atom. The lowest BCUT2D eigenvalue weighted by molar-refractivity contribution is -0.125. The van der Waals surface area contributed by atoms with E-state index in [0.717, 1.165) is 11.3 Å². The second kappa shape index (κ2) is 5.07. The fourth-order valence-electron chi connectivity index (χ4n) is 2.75. The summed E-state index contributed by atoms with van der Waals surface area (Å²) in [5, 5.41) is 5.64. The van der Waals surface area contributed by atoms with Gasteiger partial charge in [0.1, 0.15) is 5.78 Å². The molecule has 0 saturated heterocycles. The number of rotatable bonds is 2. The van der Waals surface area contributed by atoms with E-state index in [2.05, 4.69) is 10.6 Å². The van der Waals surface area contributed by atoms with E-state index in [0.29, 0.717) is 37.8 Å². The lowest BCUT2D eigenvalue weighted by Crippen LogP contribution is -2.27. The highest BCUT2D eigenvalue weighted by atomic mass is 16.2. The van der Waals surface area contributed by atoms with Crippen LogP contribution < -0.4 is 10.6 Å². The Kier molecular flexibility index (Phi) is 3.26. The van der Waals surface area contributed by atoms with Crippen molar-refractivity contribution in [1.82, 2.24) is 0 Å². The van der Waals surface area contributed by atoms with Gasteiger partial charge >= 0.3 is 0 Å². The van der Waals surface area contributed by atoms with Gasteiger partial charge < -0.3 is 10.6 Å². The van der Waals surface area contributed by atoms with Crippen LogP contribution in [0, 0.1) is 5.92 Å². The molecule has 1 aliphatic heterocycles. The monoisotopic (exact) mass is 272 g/mol. The summed E-state index contributed by atoms with van der Waals surface area (Å²) in [6.07, 6.45) is 2.63. The van der Waals surface area contributed by atoms with Gasteiger partial charge in [0.25, 0.3) is 0 Å². The molecule has 1 aromatic carbocycles. The summed E-state index contributed by atoms with van der Waals surface area (Å²) in [4.78, 5) is 34.6. The number of Topliss-reactive ketones (excluding diaryl/α,β-unsaturated/α-hetero) is 1. The maximum absolute atomic E-state index is 12.1. The average Bonchev–Trinajstić information content (AvgIpc) is 2.78. The number of nitrogens with one attached hydrogen (secondary N) is 2. The van der Waals surface area contributed by atoms with E-state index in [4.69, 9.17) is 0 Å². The molecule has 0 radical (unpaired) electrons. The van der Waals surface area contributed by atoms with Gasteiger partial charge in [-0.15, -0.1) is 0 Å². The summed E-state index contributed by atoms with van der Waals surface area (Å²) in [5.41, 5.74) is 2.44. The Hall–Kier alpha value is -2.17. The van der Waals surface area contributed by atoms with Gasteiger partial charge in [0, 0.05) is 30.1 Å². The van der Waals surface area contributed by atoms with Crippen LogP contribution in [0.1, 0.15) is 31.2 Å². The molecule has 2 amide bonds. The SMILES string of the molecule is O=C1CCC(C(=O)Nc2ccc3c(c2)CC(=O)N3)CC1. The van der Waals surface area contributed by atoms with E-state index in [-0.39, 0.29) is 23.5 Å². The third-order valence-electron chi connectivity index (χ3n) is 3.91. The first-order chi connectivity index (χ1) is 9.61. The van der Waals surface area contributed by atoms with Crippen molar-refractivity contribution in [2.75, 3.05) is 10.6 Å². The van der Waals surface area contributed by atoms with Crippen molar-refractivity contribution in [2.45, 2.75) is 32.1 Å². The summed E-state index contributed by atoms with van der Waals surface area (Å²) >= 11 is 0. The zero-order valence-corrected chi connectivity index (χ0v) is 11.1. The molecule has 0 atom stereocenters. The van der Waals surface area contributed by atoms with Gasteiger partial charge in [0.05, 0.1) is 6.42 Å². The van der Waals surface area contributed by atoms with Crippen LogP contribution in [0.25, 0.3) is 0 Å². The third-order valence-corrected chi connectivity index (χ3v) is 3.91. The fourth-order valence-corrected chi connectivity index (χ4v) is 2.75. The normalized spacial score (nSPS) is 18.6. The number of ketones is 1. The zero-order valence-electron chi connectivity index (χ0n) is 11.1. The van der Waals surface area contributed by atoms with E-state index in [1.54, 1.807) is 12.1 Å². The number of benzene rings is 1. The number of carbonyl (C=O) groups is 3. The first-order valence-electron chi connectivity index (χ1n) is 6.87. The summed E-state index contributed by atoms with van der Waals surface area (Å²) in [6, 6.07) is 5.43. The zero-order chi connectivity index (χ0) is 14.1. The molecule has 5 nitrogen and oxygen atoms in total. The highest BCUT2D eigenvalue weighted by Crippen LogP contribution is 2.27. The van der Waals surface area contributed by atoms with E-state index in [1.165, 1.54) is 0 Å². The molecule has 2 aliphatic rings. The molecule has 3 rings (SSSR count). The Balaban J connectivity index is 1.66. The minimum absolute atomic E-state index is 0.0192. The maximum atomic E-state index is 12.1. The summed E-state index contributed by atoms with van der Waals surface area (Å²) < 4.78 is 0. The van der Waals surface area contributed by atoms with Crippen LogP contribution in [0.15, 0.2) is 18.2 Å². The van der Waals surface area contributed by atoms with Crippen LogP contribution in [0.4, 0.5) is 11.4 Å². The van der Waals surface area contributed by atoms with Gasteiger partial charge in [-0.2, -0.15) is 0 Å². The van der Waals surface area contributed by atoms with Gasteiger partial charge in [0.2, 0.25) is 11.8 Å². The molecule has 104 valence electrons. The molecule has 0 unspecified atom stereocenters. The molecule has 1 fully saturated rings. The van der Waals surface area contributed by atoms with Crippen LogP contribution in [-0.4, -0.2) is 17.6 Å². The first-order valence-corrected chi connectivity index (χ1v) is 6.87. The lowest BCUT2D eigenvalue weighted by Gasteiger charge is -2.20. The van der Waals surface area contributed by atoms with E-state index >= 15 is 0 Å². The van der Waals surface area contributed by atoms with Gasteiger partial charge in [0.15, 0.2) is 0 Å². The van der Waals surface area contributed by atoms with Crippen molar-refractivity contribution in [3.05, 3.63) is 23.8 Å². The first kappa shape index (κ1) is 12.8. The predicted molar refractivity (Wildman–Crippen MR) is 74.4 cm³/mol. The average molecular weight is 272 g/mol. The van der Waals surface area contributed by atoms with Crippen molar-refractivity contribution >= 4 is 29.0 Å². The number of carbonyl (C=O) groups excluding carboxylic acids is 3. The van der Waals surface area contributed by atoms with E-state index in [1.807, 2.05) is 6.07 Å². The van der Waals surface area contributed by atoms with Gasteiger partial charge in [-0.3, -0.25) is 14.4 Å². The Labute approximate surface area is 116 Å². The van der Waals surface area contributed by atoms with Crippen molar-refractivity contribution in [3.8, 4) is 0 Å². The molecule has 0 spiro atoms. The van der Waals surface area contributed by atoms with Crippen molar-refractivity contribution < 1.29 is 14.4 Å². The van der Waals surface area contributed by atoms with Crippen molar-refractivity contribution in [3.63, 3.8) is 0 Å². The number of fused-ring (bicyclic) bond motifs is 1. The highest BCUT2D eigenvalue weighted by molar-refractivity contribution is 6.00. The molecule has 2 N–H and O–H groups in total. The number of anilines is 2. The standard InChI is InChI=1S/C15H16N2O3/c18-12-4-1-9(2-5-12)15(20)16-11-3-6-13-10(7-11)8-14(19)17-13/h3,6-7,9H,1-2,4-5,8H2,(H,16,20)(H,17,19). The molecule has 1 heterocycles. The molecular formula is C15H16N2O3. The molecular weight excluding hydrogens is 256 g/mol. The molecule has 20 heavy (non-hydrogen) atoms. The molecule has 0 bridgehead atoms. The quantitative estimate of drug-likeness (QED) is 0.863. The Bertz CT molecular complexity index is 585. The van der Waals surface area contributed by atoms with Crippen LogP contribution in [0.3, 0.4) is 0 Å². The maximum Gasteiger partial charge on any atom is 0.228 e. The lowest BCUT2D eigenvalue weighted by atomic mass is 9.88. The minimum atomic E-state index is -0.0827. The largest absolute Gasteiger partial charge is 0.326 e. The Morgan fingerprint density at radius 1 is 1.20 bits per heavy atom. The third kappa shape index (κ3) is 2.57. The molecule has 1 aliphatic carbocycles. The molecule has 0 aromatic heterocycles. The summed E-state index contributed by atoms with van der Waals surface area (Å²) in [5.74, 6) is 0.112. The van der Waals surface area contributed by atoms with Crippen LogP contribution in [0.2, 0.25) is 0 Å². The molecule has 1 aromatic rings. The van der Waals surface area contributed by atoms with E-state index < -0.39 is 0 Å². The van der Waals surface area contributed by atoms with Gasteiger partial charge in [-0.05, 0) is 36.6 Å². The Morgan fingerprint density at radius 3 is 2.70 bits per heavy atom. The second-order valence-electron chi connectivity index (χ2n) is 5.40. The molecule has 5 heteroatoms. The van der Waals surface area contributed by atoms with Crippen molar-refractivity contribution in [1.29, 1.82) is 0 Å². The minimum Gasteiger partial charge on any atom is -0.326 e. The van der Waals surface area contributed by atoms with Crippen LogP contribution in [0.5, 0.6) is 0 Å².